The Morgan fingerprint density at radius 3 is 2.60 bits per heavy atom. The van der Waals surface area contributed by atoms with Crippen LogP contribution in [0.1, 0.15) is 5.76 Å². The smallest absolute Gasteiger partial charge is 0.287 e. The Bertz CT molecular complexity index is 924. The van der Waals surface area contributed by atoms with E-state index in [1.807, 2.05) is 18.2 Å². The molecule has 0 saturated carbocycles. The van der Waals surface area contributed by atoms with Gasteiger partial charge in [-0.15, -0.1) is 0 Å². The Kier molecular flexibility index (Phi) is 5.21. The zero-order chi connectivity index (χ0) is 17.8. The predicted octanol–water partition coefficient (Wildman–Crippen LogP) is 3.38. The van der Waals surface area contributed by atoms with Gasteiger partial charge in [0.1, 0.15) is 17.3 Å². The second-order valence-electron chi connectivity index (χ2n) is 5.16. The molecule has 0 aliphatic carbocycles. The molecule has 0 unspecified atom stereocenters. The summed E-state index contributed by atoms with van der Waals surface area (Å²) >= 11 is 11.6. The summed E-state index contributed by atoms with van der Waals surface area (Å²) in [4.78, 5) is 26.4. The highest BCUT2D eigenvalue weighted by Gasteiger charge is 2.19. The van der Waals surface area contributed by atoms with Crippen LogP contribution in [0.4, 0.5) is 5.69 Å². The number of furan rings is 1. The van der Waals surface area contributed by atoms with Gasteiger partial charge in [0.25, 0.3) is 5.56 Å². The van der Waals surface area contributed by atoms with Gasteiger partial charge in [-0.2, -0.15) is 5.10 Å². The van der Waals surface area contributed by atoms with Crippen LogP contribution in [0.3, 0.4) is 0 Å². The number of aromatic nitrogens is 2. The average molecular weight is 378 g/mol. The molecule has 0 atom stereocenters. The molecule has 25 heavy (non-hydrogen) atoms. The number of carbonyl (C=O) groups excluding carboxylic acids is 1. The van der Waals surface area contributed by atoms with E-state index in [9.17, 15) is 9.59 Å². The van der Waals surface area contributed by atoms with E-state index < -0.39 is 5.56 Å². The summed E-state index contributed by atoms with van der Waals surface area (Å²) in [7, 11) is 0. The number of benzene rings is 1. The number of anilines is 1. The lowest BCUT2D eigenvalue weighted by Crippen LogP contribution is -2.37. The Balaban J connectivity index is 1.89. The first kappa shape index (κ1) is 17.3. The zero-order valence-electron chi connectivity index (χ0n) is 12.9. The first-order chi connectivity index (χ1) is 12.1. The van der Waals surface area contributed by atoms with E-state index in [4.69, 9.17) is 27.6 Å². The summed E-state index contributed by atoms with van der Waals surface area (Å²) in [5.74, 6) is 0.280. The summed E-state index contributed by atoms with van der Waals surface area (Å²) in [5, 5.41) is 3.75. The van der Waals surface area contributed by atoms with Crippen molar-refractivity contribution in [1.82, 2.24) is 9.78 Å². The molecule has 3 aromatic rings. The molecular weight excluding hydrogens is 365 g/mol. The number of halogens is 2. The van der Waals surface area contributed by atoms with Gasteiger partial charge in [0.2, 0.25) is 5.91 Å². The van der Waals surface area contributed by atoms with E-state index in [0.29, 0.717) is 11.4 Å². The minimum atomic E-state index is -0.617. The van der Waals surface area contributed by atoms with Gasteiger partial charge in [-0.05, 0) is 24.3 Å². The van der Waals surface area contributed by atoms with Gasteiger partial charge in [-0.25, -0.2) is 4.68 Å². The fourth-order valence-electron chi connectivity index (χ4n) is 2.26. The fraction of sp³-hybridized carbons (Fsp3) is 0.118. The standard InChI is InChI=1S/C17H13Cl2N3O3/c18-14-9-20-22(17(24)16(14)19)11-15(23)21(10-13-7-4-8-25-13)12-5-2-1-3-6-12/h1-9H,10-11H2. The third-order valence-electron chi connectivity index (χ3n) is 3.49. The maximum Gasteiger partial charge on any atom is 0.287 e. The maximum absolute atomic E-state index is 12.8. The van der Waals surface area contributed by atoms with E-state index in [-0.39, 0.29) is 29.0 Å². The second kappa shape index (κ2) is 7.55. The van der Waals surface area contributed by atoms with E-state index in [1.165, 1.54) is 17.4 Å². The van der Waals surface area contributed by atoms with Crippen LogP contribution in [0.5, 0.6) is 0 Å². The summed E-state index contributed by atoms with van der Waals surface area (Å²) in [6.07, 6.45) is 2.77. The van der Waals surface area contributed by atoms with Crippen molar-refractivity contribution in [2.45, 2.75) is 13.1 Å². The van der Waals surface area contributed by atoms with Gasteiger partial charge >= 0.3 is 0 Å². The monoisotopic (exact) mass is 377 g/mol. The van der Waals surface area contributed by atoms with Crippen LogP contribution in [0, 0.1) is 0 Å². The molecule has 2 heterocycles. The van der Waals surface area contributed by atoms with Gasteiger partial charge in [-0.3, -0.25) is 9.59 Å². The summed E-state index contributed by atoms with van der Waals surface area (Å²) in [5.41, 5.74) is 0.0607. The zero-order valence-corrected chi connectivity index (χ0v) is 14.4. The molecule has 1 aromatic carbocycles. The molecule has 2 aromatic heterocycles. The second-order valence-corrected chi connectivity index (χ2v) is 5.95. The SMILES string of the molecule is O=C(Cn1ncc(Cl)c(Cl)c1=O)N(Cc1ccco1)c1ccccc1. The number of hydrogen-bond donors (Lipinski definition) is 0. The number of amides is 1. The van der Waals surface area contributed by atoms with E-state index in [1.54, 1.807) is 24.3 Å². The van der Waals surface area contributed by atoms with E-state index in [2.05, 4.69) is 5.10 Å². The number of para-hydroxylation sites is 1. The molecule has 128 valence electrons. The quantitative estimate of drug-likeness (QED) is 0.683. The number of carbonyl (C=O) groups is 1. The number of nitrogens with zero attached hydrogens (tertiary/aromatic N) is 3. The van der Waals surface area contributed by atoms with Crippen LogP contribution in [0.15, 0.2) is 64.1 Å². The van der Waals surface area contributed by atoms with Crippen LogP contribution in [0.25, 0.3) is 0 Å². The minimum Gasteiger partial charge on any atom is -0.467 e. The Hall–Kier alpha value is -2.57. The molecule has 8 heteroatoms. The molecule has 0 fully saturated rings. The highest BCUT2D eigenvalue weighted by Crippen LogP contribution is 2.18. The summed E-state index contributed by atoms with van der Waals surface area (Å²) < 4.78 is 6.31. The molecule has 0 saturated heterocycles. The first-order valence-corrected chi connectivity index (χ1v) is 8.11. The van der Waals surface area contributed by atoms with Crippen LogP contribution in [-0.2, 0) is 17.9 Å². The Morgan fingerprint density at radius 2 is 1.92 bits per heavy atom. The summed E-state index contributed by atoms with van der Waals surface area (Å²) in [6.45, 7) is -0.0444. The van der Waals surface area contributed by atoms with Crippen LogP contribution in [-0.4, -0.2) is 15.7 Å². The third kappa shape index (κ3) is 3.92. The highest BCUT2D eigenvalue weighted by atomic mass is 35.5. The molecule has 0 spiro atoms. The van der Waals surface area contributed by atoms with Crippen LogP contribution < -0.4 is 10.5 Å². The van der Waals surface area contributed by atoms with Crippen LogP contribution in [0.2, 0.25) is 10.0 Å². The molecule has 0 N–H and O–H groups in total. The van der Waals surface area contributed by atoms with Crippen molar-refractivity contribution in [3.8, 4) is 0 Å². The largest absolute Gasteiger partial charge is 0.467 e. The lowest BCUT2D eigenvalue weighted by Gasteiger charge is -2.22. The Labute approximate surface area is 153 Å². The van der Waals surface area contributed by atoms with Crippen molar-refractivity contribution in [2.24, 2.45) is 0 Å². The molecule has 0 aliphatic heterocycles. The summed E-state index contributed by atoms with van der Waals surface area (Å²) in [6, 6.07) is 12.6. The van der Waals surface area contributed by atoms with Crippen molar-refractivity contribution >= 4 is 34.8 Å². The normalized spacial score (nSPS) is 10.6. The van der Waals surface area contributed by atoms with E-state index >= 15 is 0 Å². The van der Waals surface area contributed by atoms with Gasteiger partial charge in [0.05, 0.1) is 24.0 Å². The third-order valence-corrected chi connectivity index (χ3v) is 4.24. The topological polar surface area (TPSA) is 68.3 Å². The van der Waals surface area contributed by atoms with Crippen molar-refractivity contribution in [3.63, 3.8) is 0 Å². The Morgan fingerprint density at radius 1 is 1.16 bits per heavy atom. The molecule has 3 rings (SSSR count). The lowest BCUT2D eigenvalue weighted by atomic mass is 10.2. The van der Waals surface area contributed by atoms with Gasteiger partial charge in [-0.1, -0.05) is 41.4 Å². The number of hydrogen-bond acceptors (Lipinski definition) is 4. The van der Waals surface area contributed by atoms with Gasteiger partial charge in [0.15, 0.2) is 0 Å². The van der Waals surface area contributed by atoms with Crippen molar-refractivity contribution in [3.05, 3.63) is 81.1 Å². The van der Waals surface area contributed by atoms with Gasteiger partial charge in [0, 0.05) is 5.69 Å². The first-order valence-electron chi connectivity index (χ1n) is 7.35. The van der Waals surface area contributed by atoms with Gasteiger partial charge < -0.3 is 9.32 Å². The molecule has 0 radical (unpaired) electrons. The molecule has 0 bridgehead atoms. The molecular formula is C17H13Cl2N3O3. The molecule has 0 aliphatic rings. The number of rotatable bonds is 5. The fourth-order valence-corrected chi connectivity index (χ4v) is 2.53. The highest BCUT2D eigenvalue weighted by molar-refractivity contribution is 6.41. The lowest BCUT2D eigenvalue weighted by molar-refractivity contribution is -0.119. The van der Waals surface area contributed by atoms with Crippen molar-refractivity contribution in [2.75, 3.05) is 4.90 Å². The molecule has 1 amide bonds. The minimum absolute atomic E-state index is 0.0471. The van der Waals surface area contributed by atoms with E-state index in [0.717, 1.165) is 4.68 Å². The van der Waals surface area contributed by atoms with Crippen molar-refractivity contribution in [1.29, 1.82) is 0 Å². The maximum atomic E-state index is 12.8. The predicted molar refractivity (Wildman–Crippen MR) is 94.9 cm³/mol. The average Bonchev–Trinajstić information content (AvgIpc) is 3.14. The molecule has 6 nitrogen and oxygen atoms in total. The van der Waals surface area contributed by atoms with Crippen molar-refractivity contribution < 1.29 is 9.21 Å². The van der Waals surface area contributed by atoms with Crippen LogP contribution >= 0.6 is 23.2 Å².